The van der Waals surface area contributed by atoms with Crippen LogP contribution in [0.3, 0.4) is 0 Å². The largest absolute Gasteiger partial charge is 0.480 e. The number of aliphatic carboxylic acids is 1. The van der Waals surface area contributed by atoms with Crippen molar-refractivity contribution in [2.24, 2.45) is 0 Å². The molecule has 2 N–H and O–H groups in total. The van der Waals surface area contributed by atoms with E-state index in [1.807, 2.05) is 0 Å². The van der Waals surface area contributed by atoms with Crippen molar-refractivity contribution in [2.75, 3.05) is 0 Å². The highest BCUT2D eigenvalue weighted by atomic mass is 16.4. The third-order valence-electron chi connectivity index (χ3n) is 3.50. The van der Waals surface area contributed by atoms with Gasteiger partial charge in [0.25, 0.3) is 0 Å². The predicted octanol–water partition coefficient (Wildman–Crippen LogP) is 2.57. The van der Waals surface area contributed by atoms with E-state index in [0.717, 1.165) is 19.3 Å². The van der Waals surface area contributed by atoms with Crippen LogP contribution in [0.2, 0.25) is 0 Å². The van der Waals surface area contributed by atoms with Crippen LogP contribution >= 0.6 is 0 Å². The van der Waals surface area contributed by atoms with Crippen molar-refractivity contribution in [3.63, 3.8) is 0 Å². The second-order valence-electron chi connectivity index (χ2n) is 4.90. The summed E-state index contributed by atoms with van der Waals surface area (Å²) in [5.41, 5.74) is 3.71. The number of carbonyl (C=O) groups is 1. The molecule has 1 saturated heterocycles. The van der Waals surface area contributed by atoms with Crippen LogP contribution in [-0.4, -0.2) is 17.1 Å². The van der Waals surface area contributed by atoms with Gasteiger partial charge in [0.05, 0.1) is 0 Å². The van der Waals surface area contributed by atoms with Gasteiger partial charge in [-0.15, -0.1) is 0 Å². The van der Waals surface area contributed by atoms with E-state index < -0.39 is 12.0 Å². The molecule has 0 spiro atoms. The number of carboxylic acids is 1. The lowest BCUT2D eigenvalue weighted by atomic mass is 9.90. The highest BCUT2D eigenvalue weighted by Gasteiger charge is 2.27. The fraction of sp³-hybridized carbons (Fsp3) is 0.500. The average molecular weight is 233 g/mol. The minimum Gasteiger partial charge on any atom is -0.480 e. The number of hydrogen-bond acceptors (Lipinski definition) is 2. The maximum atomic E-state index is 11.0. The minimum absolute atomic E-state index is 0.185. The molecule has 92 valence electrons. The van der Waals surface area contributed by atoms with Gasteiger partial charge in [0.15, 0.2) is 0 Å². The zero-order valence-electron chi connectivity index (χ0n) is 10.4. The van der Waals surface area contributed by atoms with Crippen LogP contribution in [0.25, 0.3) is 0 Å². The molecular formula is C14H19NO2. The third-order valence-corrected chi connectivity index (χ3v) is 3.50. The molecule has 1 aromatic carbocycles. The summed E-state index contributed by atoms with van der Waals surface area (Å²) < 4.78 is 0. The van der Waals surface area contributed by atoms with Gasteiger partial charge >= 0.3 is 5.97 Å². The first kappa shape index (κ1) is 12.1. The molecule has 0 bridgehead atoms. The first-order valence-electron chi connectivity index (χ1n) is 6.14. The fourth-order valence-electron chi connectivity index (χ4n) is 2.51. The van der Waals surface area contributed by atoms with Crippen LogP contribution < -0.4 is 5.32 Å². The van der Waals surface area contributed by atoms with Crippen LogP contribution in [0.5, 0.6) is 0 Å². The van der Waals surface area contributed by atoms with E-state index in [4.69, 9.17) is 5.11 Å². The summed E-state index contributed by atoms with van der Waals surface area (Å²) in [5.74, 6) is -0.736. The van der Waals surface area contributed by atoms with E-state index in [1.54, 1.807) is 0 Å². The van der Waals surface area contributed by atoms with E-state index in [2.05, 4.69) is 37.4 Å². The lowest BCUT2D eigenvalue weighted by molar-refractivity contribution is -0.140. The Hall–Kier alpha value is -1.35. The Kier molecular flexibility index (Phi) is 3.48. The van der Waals surface area contributed by atoms with Crippen LogP contribution in [0.4, 0.5) is 0 Å². The molecule has 1 aliphatic rings. The number of nitrogens with one attached hydrogen (secondary N) is 1. The maximum absolute atomic E-state index is 11.0. The first-order chi connectivity index (χ1) is 8.08. The van der Waals surface area contributed by atoms with E-state index in [0.29, 0.717) is 0 Å². The van der Waals surface area contributed by atoms with Gasteiger partial charge in [0.2, 0.25) is 0 Å². The Morgan fingerprint density at radius 1 is 1.35 bits per heavy atom. The van der Waals surface area contributed by atoms with Crippen LogP contribution in [-0.2, 0) is 4.79 Å². The molecule has 0 amide bonds. The van der Waals surface area contributed by atoms with Gasteiger partial charge in [-0.2, -0.15) is 0 Å². The summed E-state index contributed by atoms with van der Waals surface area (Å²) in [5, 5.41) is 12.3. The molecular weight excluding hydrogens is 214 g/mol. The van der Waals surface area contributed by atoms with Crippen molar-refractivity contribution < 1.29 is 9.90 Å². The summed E-state index contributed by atoms with van der Waals surface area (Å²) in [6, 6.07) is 6.16. The number of rotatable bonds is 2. The Morgan fingerprint density at radius 3 is 2.82 bits per heavy atom. The van der Waals surface area contributed by atoms with Gasteiger partial charge in [-0.3, -0.25) is 10.1 Å². The zero-order chi connectivity index (χ0) is 12.4. The number of hydrogen-bond donors (Lipinski definition) is 2. The molecule has 1 fully saturated rings. The van der Waals surface area contributed by atoms with E-state index in [-0.39, 0.29) is 6.04 Å². The van der Waals surface area contributed by atoms with Crippen molar-refractivity contribution in [2.45, 2.75) is 45.2 Å². The van der Waals surface area contributed by atoms with Gasteiger partial charge in [-0.05, 0) is 44.2 Å². The summed E-state index contributed by atoms with van der Waals surface area (Å²) >= 11 is 0. The molecule has 3 nitrogen and oxygen atoms in total. The highest BCUT2D eigenvalue weighted by molar-refractivity contribution is 5.73. The maximum Gasteiger partial charge on any atom is 0.320 e. The normalized spacial score (nSPS) is 24.6. The molecule has 0 saturated carbocycles. The molecule has 0 radical (unpaired) electrons. The Bertz CT molecular complexity index is 428. The summed E-state index contributed by atoms with van der Waals surface area (Å²) in [4.78, 5) is 11.0. The molecule has 2 atom stereocenters. The smallest absolute Gasteiger partial charge is 0.320 e. The zero-order valence-corrected chi connectivity index (χ0v) is 10.4. The predicted molar refractivity (Wildman–Crippen MR) is 67.1 cm³/mol. The van der Waals surface area contributed by atoms with E-state index in [1.165, 1.54) is 16.7 Å². The quantitative estimate of drug-likeness (QED) is 0.825. The Balaban J connectivity index is 2.21. The number of carboxylic acid groups (broad SMARTS) is 1. The second-order valence-corrected chi connectivity index (χ2v) is 4.90. The number of piperidine rings is 1. The number of benzene rings is 1. The molecule has 0 aromatic heterocycles. The molecule has 2 rings (SSSR count). The fourth-order valence-corrected chi connectivity index (χ4v) is 2.51. The summed E-state index contributed by atoms with van der Waals surface area (Å²) in [7, 11) is 0. The molecule has 3 heteroatoms. The molecule has 2 unspecified atom stereocenters. The van der Waals surface area contributed by atoms with Crippen LogP contribution in [0.15, 0.2) is 18.2 Å². The molecule has 0 aliphatic carbocycles. The van der Waals surface area contributed by atoms with Crippen molar-refractivity contribution in [3.05, 3.63) is 34.9 Å². The van der Waals surface area contributed by atoms with Crippen LogP contribution in [0, 0.1) is 13.8 Å². The first-order valence-corrected chi connectivity index (χ1v) is 6.14. The van der Waals surface area contributed by atoms with Crippen molar-refractivity contribution in [3.8, 4) is 0 Å². The van der Waals surface area contributed by atoms with E-state index >= 15 is 0 Å². The molecule has 17 heavy (non-hydrogen) atoms. The number of aryl methyl sites for hydroxylation is 2. The van der Waals surface area contributed by atoms with Gasteiger partial charge in [-0.25, -0.2) is 0 Å². The second kappa shape index (κ2) is 4.88. The van der Waals surface area contributed by atoms with E-state index in [9.17, 15) is 4.79 Å². The Labute approximate surface area is 102 Å². The topological polar surface area (TPSA) is 49.3 Å². The summed E-state index contributed by atoms with van der Waals surface area (Å²) in [6.45, 7) is 4.15. The average Bonchev–Trinajstić information content (AvgIpc) is 2.32. The third kappa shape index (κ3) is 2.67. The Morgan fingerprint density at radius 2 is 2.12 bits per heavy atom. The minimum atomic E-state index is -0.736. The lowest BCUT2D eigenvalue weighted by Crippen LogP contribution is -2.42. The van der Waals surface area contributed by atoms with Crippen LogP contribution in [0.1, 0.15) is 42.0 Å². The van der Waals surface area contributed by atoms with Crippen molar-refractivity contribution >= 4 is 5.97 Å². The molecule has 1 heterocycles. The van der Waals surface area contributed by atoms with Crippen molar-refractivity contribution in [1.29, 1.82) is 0 Å². The van der Waals surface area contributed by atoms with Gasteiger partial charge in [0, 0.05) is 6.04 Å². The lowest BCUT2D eigenvalue weighted by Gasteiger charge is -2.30. The summed E-state index contributed by atoms with van der Waals surface area (Å²) in [6.07, 6.45) is 2.73. The van der Waals surface area contributed by atoms with Gasteiger partial charge in [0.1, 0.15) is 6.04 Å². The standard InChI is InChI=1S/C14H19NO2/c1-9-6-7-10(2)11(8-9)12-4-3-5-13(15-12)14(16)17/h6-8,12-13,15H,3-5H2,1-2H3,(H,16,17). The SMILES string of the molecule is Cc1ccc(C)c(C2CCCC(C(=O)O)N2)c1. The molecule has 1 aromatic rings. The van der Waals surface area contributed by atoms with Gasteiger partial charge in [-0.1, -0.05) is 23.8 Å². The monoisotopic (exact) mass is 233 g/mol. The van der Waals surface area contributed by atoms with Crippen molar-refractivity contribution in [1.82, 2.24) is 5.32 Å². The molecule has 1 aliphatic heterocycles. The highest BCUT2D eigenvalue weighted by Crippen LogP contribution is 2.28. The van der Waals surface area contributed by atoms with Gasteiger partial charge < -0.3 is 5.11 Å².